The van der Waals surface area contributed by atoms with E-state index in [2.05, 4.69) is 20.8 Å². The molecule has 2 amide bonds. The summed E-state index contributed by atoms with van der Waals surface area (Å²) in [6.45, 7) is 2.21. The Morgan fingerprint density at radius 2 is 1.96 bits per heavy atom. The molecule has 128 valence electrons. The number of amides is 2. The third kappa shape index (κ3) is 4.20. The first-order valence-corrected chi connectivity index (χ1v) is 7.98. The molecule has 2 N–H and O–H groups in total. The van der Waals surface area contributed by atoms with Crippen LogP contribution in [0.25, 0.3) is 11.1 Å². The van der Waals surface area contributed by atoms with Gasteiger partial charge >= 0.3 is 11.8 Å². The molecule has 2 heterocycles. The number of benzene rings is 1. The molecule has 0 fully saturated rings. The van der Waals surface area contributed by atoms with Gasteiger partial charge in [-0.1, -0.05) is 35.5 Å². The minimum atomic E-state index is -0.727. The molecule has 0 bridgehead atoms. The summed E-state index contributed by atoms with van der Waals surface area (Å²) < 4.78 is 5.00. The highest BCUT2D eigenvalue weighted by Crippen LogP contribution is 2.19. The van der Waals surface area contributed by atoms with E-state index in [-0.39, 0.29) is 0 Å². The van der Waals surface area contributed by atoms with E-state index in [1.165, 1.54) is 11.8 Å². The van der Waals surface area contributed by atoms with Crippen LogP contribution in [0, 0.1) is 6.92 Å². The molecule has 0 unspecified atom stereocenters. The summed E-state index contributed by atoms with van der Waals surface area (Å²) in [5.41, 5.74) is 2.68. The molecule has 0 radical (unpaired) electrons. The molecule has 0 saturated carbocycles. The number of carbonyl (C=O) groups is 2. The molecule has 7 heteroatoms. The van der Waals surface area contributed by atoms with Gasteiger partial charge in [0.25, 0.3) is 5.71 Å². The van der Waals surface area contributed by atoms with E-state index >= 15 is 0 Å². The summed E-state index contributed by atoms with van der Waals surface area (Å²) in [5, 5.41) is 9.63. The smallest absolute Gasteiger partial charge is 0.313 e. The molecule has 0 atom stereocenters. The number of fused-ring (bicyclic) bond motifs is 1. The van der Waals surface area contributed by atoms with E-state index in [0.717, 1.165) is 12.8 Å². The van der Waals surface area contributed by atoms with Crippen molar-refractivity contribution in [1.29, 1.82) is 0 Å². The Balaban J connectivity index is 1.48. The van der Waals surface area contributed by atoms with Gasteiger partial charge in [0.15, 0.2) is 0 Å². The Morgan fingerprint density at radius 1 is 1.16 bits per heavy atom. The molecular formula is C18H18N4O3. The fourth-order valence-corrected chi connectivity index (χ4v) is 2.42. The third-order valence-corrected chi connectivity index (χ3v) is 3.74. The fraction of sp³-hybridized carbons (Fsp3) is 0.222. The molecule has 0 aliphatic heterocycles. The van der Waals surface area contributed by atoms with Crippen molar-refractivity contribution in [3.8, 4) is 0 Å². The first kappa shape index (κ1) is 16.6. The van der Waals surface area contributed by atoms with Gasteiger partial charge in [-0.05, 0) is 31.4 Å². The topological polar surface area (TPSA) is 97.1 Å². The molecule has 0 spiro atoms. The van der Waals surface area contributed by atoms with Crippen LogP contribution in [0.5, 0.6) is 0 Å². The van der Waals surface area contributed by atoms with Crippen LogP contribution in [-0.2, 0) is 16.0 Å². The Morgan fingerprint density at radius 3 is 2.76 bits per heavy atom. The molecule has 7 nitrogen and oxygen atoms in total. The molecule has 0 aliphatic rings. The van der Waals surface area contributed by atoms with Crippen molar-refractivity contribution in [2.45, 2.75) is 19.8 Å². The summed E-state index contributed by atoms with van der Waals surface area (Å²) in [6.07, 6.45) is 3.03. The zero-order valence-corrected chi connectivity index (χ0v) is 13.8. The van der Waals surface area contributed by atoms with Crippen LogP contribution in [0.4, 0.5) is 5.69 Å². The van der Waals surface area contributed by atoms with Gasteiger partial charge in [-0.25, -0.2) is 4.98 Å². The maximum Gasteiger partial charge on any atom is 0.313 e. The van der Waals surface area contributed by atoms with Crippen LogP contribution in [0.2, 0.25) is 0 Å². The second kappa shape index (κ2) is 7.57. The zero-order valence-electron chi connectivity index (χ0n) is 13.8. The summed E-state index contributed by atoms with van der Waals surface area (Å²) in [6, 6.07) is 11.7. The van der Waals surface area contributed by atoms with Gasteiger partial charge in [-0.2, -0.15) is 0 Å². The quantitative estimate of drug-likeness (QED) is 0.549. The lowest BCUT2D eigenvalue weighted by Gasteiger charge is -2.06. The number of rotatable bonds is 5. The minimum absolute atomic E-state index is 0.390. The molecule has 0 aliphatic carbocycles. The van der Waals surface area contributed by atoms with Gasteiger partial charge in [0.05, 0.1) is 23.0 Å². The van der Waals surface area contributed by atoms with Gasteiger partial charge in [0.1, 0.15) is 0 Å². The maximum atomic E-state index is 11.9. The average Bonchev–Trinajstić information content (AvgIpc) is 3.00. The summed E-state index contributed by atoms with van der Waals surface area (Å²) in [5.74, 6) is -1.40. The monoisotopic (exact) mass is 338 g/mol. The van der Waals surface area contributed by atoms with Crippen LogP contribution in [0.1, 0.15) is 17.7 Å². The van der Waals surface area contributed by atoms with Crippen LogP contribution in [0.15, 0.2) is 47.1 Å². The predicted molar refractivity (Wildman–Crippen MR) is 92.9 cm³/mol. The molecule has 2 aromatic heterocycles. The standard InChI is InChI=1S/C18H18N4O3/c1-12-15-10-14(11-20-18(15)25-22-12)21-17(24)16(23)19-9-5-8-13-6-3-2-4-7-13/h2-4,6-7,10-11H,5,8-9H2,1H3,(H,19,23)(H,21,24). The van der Waals surface area contributed by atoms with Gasteiger partial charge in [0.2, 0.25) is 0 Å². The van der Waals surface area contributed by atoms with Crippen molar-refractivity contribution in [3.63, 3.8) is 0 Å². The maximum absolute atomic E-state index is 11.9. The van der Waals surface area contributed by atoms with E-state index in [1.54, 1.807) is 13.0 Å². The number of pyridine rings is 1. The number of aryl methyl sites for hydroxylation is 2. The predicted octanol–water partition coefficient (Wildman–Crippen LogP) is 2.22. The fourth-order valence-electron chi connectivity index (χ4n) is 2.42. The lowest BCUT2D eigenvalue weighted by atomic mass is 10.1. The van der Waals surface area contributed by atoms with Gasteiger partial charge in [0, 0.05) is 6.54 Å². The average molecular weight is 338 g/mol. The van der Waals surface area contributed by atoms with Crippen LogP contribution >= 0.6 is 0 Å². The van der Waals surface area contributed by atoms with Gasteiger partial charge < -0.3 is 15.2 Å². The Hall–Kier alpha value is -3.22. The van der Waals surface area contributed by atoms with Crippen molar-refractivity contribution in [2.24, 2.45) is 0 Å². The van der Waals surface area contributed by atoms with E-state index < -0.39 is 11.8 Å². The van der Waals surface area contributed by atoms with Crippen LogP contribution < -0.4 is 10.6 Å². The summed E-state index contributed by atoms with van der Waals surface area (Å²) in [4.78, 5) is 27.9. The first-order valence-electron chi connectivity index (χ1n) is 7.98. The summed E-state index contributed by atoms with van der Waals surface area (Å²) >= 11 is 0. The number of nitrogens with zero attached hydrogens (tertiary/aromatic N) is 2. The Labute approximate surface area is 144 Å². The number of nitrogens with one attached hydrogen (secondary N) is 2. The lowest BCUT2D eigenvalue weighted by molar-refractivity contribution is -0.136. The summed E-state index contributed by atoms with van der Waals surface area (Å²) in [7, 11) is 0. The molecule has 3 rings (SSSR count). The number of carbonyl (C=O) groups excluding carboxylic acids is 2. The van der Waals surface area contributed by atoms with Crippen molar-refractivity contribution in [2.75, 3.05) is 11.9 Å². The first-order chi connectivity index (χ1) is 12.1. The SMILES string of the molecule is Cc1noc2ncc(NC(=O)C(=O)NCCCc3ccccc3)cc12. The van der Waals surface area contributed by atoms with E-state index in [9.17, 15) is 9.59 Å². The number of hydrogen-bond donors (Lipinski definition) is 2. The Bertz CT molecular complexity index is 890. The highest BCUT2D eigenvalue weighted by atomic mass is 16.5. The van der Waals surface area contributed by atoms with Crippen molar-refractivity contribution < 1.29 is 14.1 Å². The van der Waals surface area contributed by atoms with Crippen LogP contribution in [-0.4, -0.2) is 28.5 Å². The molecule has 25 heavy (non-hydrogen) atoms. The largest absolute Gasteiger partial charge is 0.348 e. The van der Waals surface area contributed by atoms with Gasteiger partial charge in [-0.3, -0.25) is 9.59 Å². The molecule has 3 aromatic rings. The van der Waals surface area contributed by atoms with Crippen molar-refractivity contribution in [1.82, 2.24) is 15.5 Å². The van der Waals surface area contributed by atoms with Crippen LogP contribution in [0.3, 0.4) is 0 Å². The van der Waals surface area contributed by atoms with E-state index in [1.807, 2.05) is 30.3 Å². The highest BCUT2D eigenvalue weighted by molar-refractivity contribution is 6.39. The third-order valence-electron chi connectivity index (χ3n) is 3.74. The molecular weight excluding hydrogens is 320 g/mol. The zero-order chi connectivity index (χ0) is 17.6. The number of aromatic nitrogens is 2. The lowest BCUT2D eigenvalue weighted by Crippen LogP contribution is -2.36. The van der Waals surface area contributed by atoms with E-state index in [4.69, 9.17) is 4.52 Å². The van der Waals surface area contributed by atoms with Crippen molar-refractivity contribution >= 4 is 28.6 Å². The number of anilines is 1. The number of hydrogen-bond acceptors (Lipinski definition) is 5. The normalized spacial score (nSPS) is 10.6. The molecule has 0 saturated heterocycles. The molecule has 1 aromatic carbocycles. The highest BCUT2D eigenvalue weighted by Gasteiger charge is 2.14. The van der Waals surface area contributed by atoms with Crippen molar-refractivity contribution in [3.05, 3.63) is 53.9 Å². The van der Waals surface area contributed by atoms with Gasteiger partial charge in [-0.15, -0.1) is 0 Å². The second-order valence-electron chi connectivity index (χ2n) is 5.64. The second-order valence-corrected chi connectivity index (χ2v) is 5.64. The Kier molecular flexibility index (Phi) is 5.03. The van der Waals surface area contributed by atoms with E-state index in [0.29, 0.717) is 29.0 Å². The minimum Gasteiger partial charge on any atom is -0.348 e.